The van der Waals surface area contributed by atoms with Crippen LogP contribution in [-0.4, -0.2) is 53.4 Å². The number of carboxylic acid groups (broad SMARTS) is 1. The van der Waals surface area contributed by atoms with Gasteiger partial charge in [0.25, 0.3) is 5.91 Å². The maximum absolute atomic E-state index is 12.0. The maximum atomic E-state index is 12.0. The van der Waals surface area contributed by atoms with E-state index in [1.165, 1.54) is 29.4 Å². The molecule has 112 valence electrons. The molecule has 0 bridgehead atoms. The number of nitrogens with one attached hydrogen (secondary N) is 1. The molecule has 0 aliphatic rings. The van der Waals surface area contributed by atoms with Gasteiger partial charge >= 0.3 is 5.97 Å². The minimum atomic E-state index is -1.11. The second-order valence-electron chi connectivity index (χ2n) is 4.43. The molecule has 0 saturated heterocycles. The van der Waals surface area contributed by atoms with E-state index in [9.17, 15) is 14.4 Å². The number of rotatable bonds is 6. The molecule has 0 aromatic carbocycles. The van der Waals surface area contributed by atoms with Gasteiger partial charge in [0.05, 0.1) is 0 Å². The van der Waals surface area contributed by atoms with E-state index in [2.05, 4.69) is 10.3 Å². The second kappa shape index (κ2) is 7.78. The van der Waals surface area contributed by atoms with Crippen LogP contribution >= 0.6 is 0 Å². The van der Waals surface area contributed by atoms with Crippen LogP contribution in [-0.2, 0) is 9.59 Å². The van der Waals surface area contributed by atoms with E-state index >= 15 is 0 Å². The summed E-state index contributed by atoms with van der Waals surface area (Å²) in [5.41, 5.74) is 0.705. The lowest BCUT2D eigenvalue weighted by molar-refractivity contribution is -0.131. The third-order valence-electron chi connectivity index (χ3n) is 2.63. The van der Waals surface area contributed by atoms with Crippen LogP contribution in [0.5, 0.6) is 0 Å². The van der Waals surface area contributed by atoms with Gasteiger partial charge in [-0.15, -0.1) is 0 Å². The molecular weight excluding hydrogens is 274 g/mol. The lowest BCUT2D eigenvalue weighted by Gasteiger charge is -2.11. The summed E-state index contributed by atoms with van der Waals surface area (Å²) in [6.07, 6.45) is 5.28. The van der Waals surface area contributed by atoms with Crippen LogP contribution in [0.3, 0.4) is 0 Å². The third-order valence-corrected chi connectivity index (χ3v) is 2.63. The molecule has 0 aliphatic heterocycles. The van der Waals surface area contributed by atoms with Gasteiger partial charge in [-0.1, -0.05) is 0 Å². The zero-order valence-corrected chi connectivity index (χ0v) is 11.9. The minimum absolute atomic E-state index is 0.0870. The third kappa shape index (κ3) is 5.43. The van der Waals surface area contributed by atoms with Crippen molar-refractivity contribution in [3.63, 3.8) is 0 Å². The Morgan fingerprint density at radius 1 is 1.38 bits per heavy atom. The Morgan fingerprint density at radius 3 is 2.71 bits per heavy atom. The Bertz CT molecular complexity index is 567. The van der Waals surface area contributed by atoms with E-state index in [-0.39, 0.29) is 24.8 Å². The summed E-state index contributed by atoms with van der Waals surface area (Å²) >= 11 is 0. The van der Waals surface area contributed by atoms with Gasteiger partial charge in [0.2, 0.25) is 5.91 Å². The van der Waals surface area contributed by atoms with Crippen LogP contribution in [0.4, 0.5) is 0 Å². The average molecular weight is 291 g/mol. The first-order valence-corrected chi connectivity index (χ1v) is 6.25. The standard InChI is InChI=1S/C14H17N3O4/c1-17(2)12(18)6-8-16-14(21)11-5-7-15-9-10(11)3-4-13(19)20/h3-5,7,9H,6,8H2,1-2H3,(H,16,21)(H,19,20). The molecule has 21 heavy (non-hydrogen) atoms. The number of aromatic nitrogens is 1. The highest BCUT2D eigenvalue weighted by molar-refractivity contribution is 5.98. The molecule has 1 rings (SSSR count). The van der Waals surface area contributed by atoms with E-state index in [0.717, 1.165) is 6.08 Å². The molecule has 0 spiro atoms. The predicted octanol–water partition coefficient (Wildman–Crippen LogP) is 0.387. The first-order chi connectivity index (χ1) is 9.91. The Labute approximate surface area is 122 Å². The fraction of sp³-hybridized carbons (Fsp3) is 0.286. The highest BCUT2D eigenvalue weighted by atomic mass is 16.4. The Hall–Kier alpha value is -2.70. The van der Waals surface area contributed by atoms with E-state index in [0.29, 0.717) is 11.1 Å². The van der Waals surface area contributed by atoms with E-state index in [1.807, 2.05) is 0 Å². The zero-order chi connectivity index (χ0) is 15.8. The SMILES string of the molecule is CN(C)C(=O)CCNC(=O)c1ccncc1C=CC(=O)O. The van der Waals surface area contributed by atoms with Crippen molar-refractivity contribution in [3.8, 4) is 0 Å². The first-order valence-electron chi connectivity index (χ1n) is 6.25. The second-order valence-corrected chi connectivity index (χ2v) is 4.43. The quantitative estimate of drug-likeness (QED) is 0.738. The van der Waals surface area contributed by atoms with Gasteiger partial charge in [-0.05, 0) is 12.1 Å². The van der Waals surface area contributed by atoms with E-state index in [1.54, 1.807) is 14.1 Å². The van der Waals surface area contributed by atoms with Crippen LogP contribution < -0.4 is 5.32 Å². The van der Waals surface area contributed by atoms with Crippen LogP contribution in [0, 0.1) is 0 Å². The van der Waals surface area contributed by atoms with Crippen molar-refractivity contribution in [3.05, 3.63) is 35.7 Å². The monoisotopic (exact) mass is 291 g/mol. The molecule has 1 heterocycles. The van der Waals surface area contributed by atoms with Crippen molar-refractivity contribution >= 4 is 23.9 Å². The van der Waals surface area contributed by atoms with Crippen LogP contribution in [0.15, 0.2) is 24.5 Å². The summed E-state index contributed by atoms with van der Waals surface area (Å²) in [7, 11) is 3.28. The fourth-order valence-corrected chi connectivity index (χ4v) is 1.51. The summed E-state index contributed by atoms with van der Waals surface area (Å²) in [6, 6.07) is 1.49. The predicted molar refractivity (Wildman–Crippen MR) is 76.6 cm³/mol. The van der Waals surface area contributed by atoms with Crippen LogP contribution in [0.25, 0.3) is 6.08 Å². The van der Waals surface area contributed by atoms with E-state index < -0.39 is 5.97 Å². The van der Waals surface area contributed by atoms with Gasteiger partial charge in [-0.2, -0.15) is 0 Å². The molecule has 1 aromatic rings. The van der Waals surface area contributed by atoms with Gasteiger partial charge in [0.1, 0.15) is 0 Å². The van der Waals surface area contributed by atoms with Crippen LogP contribution in [0.2, 0.25) is 0 Å². The summed E-state index contributed by atoms with van der Waals surface area (Å²) in [5, 5.41) is 11.2. The number of amides is 2. The molecule has 2 amide bonds. The zero-order valence-electron chi connectivity index (χ0n) is 11.9. The minimum Gasteiger partial charge on any atom is -0.478 e. The lowest BCUT2D eigenvalue weighted by atomic mass is 10.1. The largest absolute Gasteiger partial charge is 0.478 e. The van der Waals surface area contributed by atoms with Crippen molar-refractivity contribution < 1.29 is 19.5 Å². The number of pyridine rings is 1. The van der Waals surface area contributed by atoms with Crippen LogP contribution in [0.1, 0.15) is 22.3 Å². The van der Waals surface area contributed by atoms with Crippen molar-refractivity contribution in [2.75, 3.05) is 20.6 Å². The molecule has 1 aromatic heterocycles. The number of carbonyl (C=O) groups is 3. The topological polar surface area (TPSA) is 99.6 Å². The molecule has 2 N–H and O–H groups in total. The molecule has 0 fully saturated rings. The average Bonchev–Trinajstić information content (AvgIpc) is 2.44. The molecule has 0 unspecified atom stereocenters. The summed E-state index contributed by atoms with van der Waals surface area (Å²) in [5.74, 6) is -1.58. The fourth-order valence-electron chi connectivity index (χ4n) is 1.51. The molecule has 0 atom stereocenters. The highest BCUT2D eigenvalue weighted by Crippen LogP contribution is 2.09. The van der Waals surface area contributed by atoms with Gasteiger partial charge in [0, 0.05) is 56.7 Å². The van der Waals surface area contributed by atoms with E-state index in [4.69, 9.17) is 5.11 Å². The van der Waals surface area contributed by atoms with Gasteiger partial charge in [-0.25, -0.2) is 4.79 Å². The maximum Gasteiger partial charge on any atom is 0.328 e. The van der Waals surface area contributed by atoms with Crippen molar-refractivity contribution in [1.29, 1.82) is 0 Å². The smallest absolute Gasteiger partial charge is 0.328 e. The molecule has 0 aliphatic carbocycles. The molecular formula is C14H17N3O4. The number of carboxylic acids is 1. The van der Waals surface area contributed by atoms with Gasteiger partial charge in [0.15, 0.2) is 0 Å². The molecule has 0 radical (unpaired) electrons. The Kier molecular flexibility index (Phi) is 6.06. The number of hydrogen-bond acceptors (Lipinski definition) is 4. The van der Waals surface area contributed by atoms with Gasteiger partial charge < -0.3 is 15.3 Å². The number of nitrogens with zero attached hydrogens (tertiary/aromatic N) is 2. The Morgan fingerprint density at radius 2 is 2.10 bits per heavy atom. The van der Waals surface area contributed by atoms with Crippen molar-refractivity contribution in [2.45, 2.75) is 6.42 Å². The number of hydrogen-bond donors (Lipinski definition) is 2. The summed E-state index contributed by atoms with van der Waals surface area (Å²) < 4.78 is 0. The van der Waals surface area contributed by atoms with Crippen molar-refractivity contribution in [2.24, 2.45) is 0 Å². The summed E-state index contributed by atoms with van der Waals surface area (Å²) in [6.45, 7) is 0.209. The first kappa shape index (κ1) is 16.4. The molecule has 0 saturated carbocycles. The van der Waals surface area contributed by atoms with Gasteiger partial charge in [-0.3, -0.25) is 14.6 Å². The number of aliphatic carboxylic acids is 1. The number of carbonyl (C=O) groups excluding carboxylic acids is 2. The normalized spacial score (nSPS) is 10.4. The molecule has 7 heteroatoms. The van der Waals surface area contributed by atoms with Crippen molar-refractivity contribution in [1.82, 2.24) is 15.2 Å². The molecule has 7 nitrogen and oxygen atoms in total. The Balaban J connectivity index is 2.70. The highest BCUT2D eigenvalue weighted by Gasteiger charge is 2.11. The summed E-state index contributed by atoms with van der Waals surface area (Å²) in [4.78, 5) is 39.2. The lowest BCUT2D eigenvalue weighted by Crippen LogP contribution is -2.30.